The molecular weight excluding hydrogens is 589 g/mol. The monoisotopic (exact) mass is 624 g/mol. The average molecular weight is 626 g/mol. The van der Waals surface area contributed by atoms with Crippen LogP contribution in [0.2, 0.25) is 0 Å². The van der Waals surface area contributed by atoms with E-state index in [-0.39, 0.29) is 17.7 Å². The summed E-state index contributed by atoms with van der Waals surface area (Å²) in [7, 11) is 9.67. The van der Waals surface area contributed by atoms with Gasteiger partial charge in [-0.1, -0.05) is 11.6 Å². The SMILES string of the molecule is COc1cc2c(c(OC)c1OC)C[N@@+]1(CCCOC(=O)/C(Cl)=C/C(=O)Cl)CCc3cc(OC)c(OC)c(OC)c3[C@H]1C2. The lowest BCUT2D eigenvalue weighted by molar-refractivity contribution is -0.973. The molecule has 0 saturated carbocycles. The maximum absolute atomic E-state index is 12.2. The minimum atomic E-state index is -0.848. The summed E-state index contributed by atoms with van der Waals surface area (Å²) >= 11 is 11.2. The number of ether oxygens (including phenoxy) is 7. The highest BCUT2D eigenvalue weighted by Gasteiger charge is 2.49. The van der Waals surface area contributed by atoms with Crippen LogP contribution < -0.4 is 28.4 Å². The highest BCUT2D eigenvalue weighted by atomic mass is 35.5. The van der Waals surface area contributed by atoms with Crippen LogP contribution in [0.3, 0.4) is 0 Å². The van der Waals surface area contributed by atoms with E-state index in [2.05, 4.69) is 0 Å². The predicted octanol–water partition coefficient (Wildman–Crippen LogP) is 4.73. The molecular formula is C30H36Cl2NO9+. The fraction of sp³-hybridized carbons (Fsp3) is 0.467. The van der Waals surface area contributed by atoms with Crippen molar-refractivity contribution in [3.05, 3.63) is 45.5 Å². The number of methoxy groups -OCH3 is 6. The van der Waals surface area contributed by atoms with Crippen LogP contribution in [-0.2, 0) is 33.7 Å². The molecule has 4 rings (SSSR count). The molecule has 0 radical (unpaired) electrons. The molecule has 2 aliphatic rings. The molecule has 2 aliphatic heterocycles. The predicted molar refractivity (Wildman–Crippen MR) is 156 cm³/mol. The summed E-state index contributed by atoms with van der Waals surface area (Å²) in [4.78, 5) is 23.3. The molecule has 0 aliphatic carbocycles. The van der Waals surface area contributed by atoms with Crippen molar-refractivity contribution in [3.63, 3.8) is 0 Å². The van der Waals surface area contributed by atoms with Gasteiger partial charge in [0.1, 0.15) is 17.6 Å². The second kappa shape index (κ2) is 13.3. The first-order chi connectivity index (χ1) is 20.2. The molecule has 2 atom stereocenters. The van der Waals surface area contributed by atoms with Crippen molar-refractivity contribution in [1.29, 1.82) is 0 Å². The Morgan fingerprint density at radius 1 is 0.857 bits per heavy atom. The Bertz CT molecular complexity index is 1390. The van der Waals surface area contributed by atoms with Crippen molar-refractivity contribution in [2.45, 2.75) is 31.8 Å². The summed E-state index contributed by atoms with van der Waals surface area (Å²) in [6, 6.07) is 4.02. The summed E-state index contributed by atoms with van der Waals surface area (Å²) in [6.07, 6.45) is 2.79. The lowest BCUT2D eigenvalue weighted by atomic mass is 9.80. The Hall–Kier alpha value is -3.34. The van der Waals surface area contributed by atoms with Crippen molar-refractivity contribution in [2.24, 2.45) is 0 Å². The number of rotatable bonds is 12. The highest BCUT2D eigenvalue weighted by Crippen LogP contribution is 2.55. The van der Waals surface area contributed by atoms with Crippen molar-refractivity contribution < 1.29 is 47.2 Å². The van der Waals surface area contributed by atoms with Crippen LogP contribution in [-0.4, -0.2) is 78.0 Å². The van der Waals surface area contributed by atoms with Gasteiger partial charge in [-0.25, -0.2) is 4.79 Å². The van der Waals surface area contributed by atoms with E-state index >= 15 is 0 Å². The largest absolute Gasteiger partial charge is 0.493 e. The number of halogens is 2. The molecule has 228 valence electrons. The zero-order valence-electron chi connectivity index (χ0n) is 24.6. The first kappa shape index (κ1) is 31.6. The highest BCUT2D eigenvalue weighted by molar-refractivity contribution is 6.67. The molecule has 0 bridgehead atoms. The maximum atomic E-state index is 12.2. The van der Waals surface area contributed by atoms with Crippen LogP contribution in [0.1, 0.15) is 34.7 Å². The minimum Gasteiger partial charge on any atom is -0.493 e. The number of esters is 1. The molecule has 0 aromatic heterocycles. The van der Waals surface area contributed by atoms with Gasteiger partial charge >= 0.3 is 5.97 Å². The van der Waals surface area contributed by atoms with Crippen LogP contribution in [0, 0.1) is 0 Å². The van der Waals surface area contributed by atoms with E-state index in [1.807, 2.05) is 12.1 Å². The van der Waals surface area contributed by atoms with E-state index in [4.69, 9.17) is 56.4 Å². The second-order valence-electron chi connectivity index (χ2n) is 10.1. The van der Waals surface area contributed by atoms with Crippen LogP contribution in [0.4, 0.5) is 0 Å². The number of carbonyl (C=O) groups excluding carboxylic acids is 2. The molecule has 2 aromatic carbocycles. The Kier molecular flexibility index (Phi) is 10.0. The van der Waals surface area contributed by atoms with Gasteiger partial charge < -0.3 is 37.6 Å². The minimum absolute atomic E-state index is 0.0214. The molecule has 2 heterocycles. The number of fused-ring (bicyclic) bond motifs is 4. The van der Waals surface area contributed by atoms with E-state index in [0.29, 0.717) is 64.9 Å². The molecule has 10 nitrogen and oxygen atoms in total. The molecule has 0 amide bonds. The number of allylic oxidation sites excluding steroid dienone is 1. The number of benzene rings is 2. The van der Waals surface area contributed by atoms with Gasteiger partial charge in [0.25, 0.3) is 0 Å². The third kappa shape index (κ3) is 5.80. The van der Waals surface area contributed by atoms with Crippen LogP contribution in [0.25, 0.3) is 0 Å². The van der Waals surface area contributed by atoms with Gasteiger partial charge in [0, 0.05) is 25.3 Å². The zero-order valence-corrected chi connectivity index (χ0v) is 26.1. The summed E-state index contributed by atoms with van der Waals surface area (Å²) < 4.78 is 40.7. The van der Waals surface area contributed by atoms with Crippen molar-refractivity contribution in [2.75, 3.05) is 62.4 Å². The first-order valence-electron chi connectivity index (χ1n) is 13.4. The number of hydrogen-bond acceptors (Lipinski definition) is 9. The molecule has 0 fully saturated rings. The van der Waals surface area contributed by atoms with E-state index in [1.165, 1.54) is 0 Å². The van der Waals surface area contributed by atoms with E-state index in [1.54, 1.807) is 42.7 Å². The summed E-state index contributed by atoms with van der Waals surface area (Å²) in [5.41, 5.74) is 4.32. The Morgan fingerprint density at radius 3 is 2.02 bits per heavy atom. The number of quaternary nitrogens is 1. The van der Waals surface area contributed by atoms with Crippen molar-refractivity contribution in [1.82, 2.24) is 0 Å². The number of hydrogen-bond donors (Lipinski definition) is 0. The fourth-order valence-corrected chi connectivity index (χ4v) is 6.64. The van der Waals surface area contributed by atoms with Gasteiger partial charge in [-0.05, 0) is 34.9 Å². The normalized spacial score (nSPS) is 19.0. The van der Waals surface area contributed by atoms with Crippen LogP contribution in [0.5, 0.6) is 34.5 Å². The van der Waals surface area contributed by atoms with Gasteiger partial charge in [0.15, 0.2) is 23.0 Å². The number of nitrogens with zero attached hydrogens (tertiary/aromatic N) is 1. The van der Waals surface area contributed by atoms with Gasteiger partial charge in [-0.15, -0.1) is 0 Å². The quantitative estimate of drug-likeness (QED) is 0.109. The summed E-state index contributed by atoms with van der Waals surface area (Å²) in [5, 5.41) is -1.21. The standard InChI is InChI=1S/C30H36Cl2NO9/c1-36-22-13-17-8-10-33(9-7-11-42-30(35)20(31)15-24(32)34)16-19-18(14-23(37-2)27(39-4)26(19)38-3)12-21(33)25(17)29(41-6)28(22)40-5/h13-15,21H,7-12,16H2,1-6H3/q+1/b20-15-/t21-,33-/m1/s1. The average Bonchev–Trinajstić information content (AvgIpc) is 2.99. The molecule has 2 aromatic rings. The van der Waals surface area contributed by atoms with Gasteiger partial charge in [-0.2, -0.15) is 0 Å². The Balaban J connectivity index is 1.79. The first-order valence-corrected chi connectivity index (χ1v) is 14.2. The van der Waals surface area contributed by atoms with Crippen molar-refractivity contribution >= 4 is 34.4 Å². The maximum Gasteiger partial charge on any atom is 0.349 e. The van der Waals surface area contributed by atoms with E-state index in [0.717, 1.165) is 41.3 Å². The summed E-state index contributed by atoms with van der Waals surface area (Å²) in [6.45, 7) is 2.22. The molecule has 42 heavy (non-hydrogen) atoms. The zero-order chi connectivity index (χ0) is 30.6. The third-order valence-electron chi connectivity index (χ3n) is 8.10. The molecule has 0 unspecified atom stereocenters. The molecule has 0 saturated heterocycles. The molecule has 0 spiro atoms. The van der Waals surface area contributed by atoms with E-state index in [9.17, 15) is 9.59 Å². The fourth-order valence-electron chi connectivity index (χ4n) is 6.32. The lowest BCUT2D eigenvalue weighted by Crippen LogP contribution is -2.57. The van der Waals surface area contributed by atoms with Gasteiger partial charge in [0.2, 0.25) is 16.7 Å². The smallest absolute Gasteiger partial charge is 0.349 e. The molecule has 12 heteroatoms. The summed E-state index contributed by atoms with van der Waals surface area (Å²) in [5.74, 6) is 2.78. The van der Waals surface area contributed by atoms with Gasteiger partial charge in [0.05, 0.1) is 73.5 Å². The van der Waals surface area contributed by atoms with Crippen LogP contribution in [0.15, 0.2) is 23.2 Å². The second-order valence-corrected chi connectivity index (χ2v) is 10.9. The van der Waals surface area contributed by atoms with E-state index < -0.39 is 11.2 Å². The van der Waals surface area contributed by atoms with Crippen molar-refractivity contribution in [3.8, 4) is 34.5 Å². The Morgan fingerprint density at radius 2 is 1.45 bits per heavy atom. The van der Waals surface area contributed by atoms with Crippen LogP contribution >= 0.6 is 23.2 Å². The topological polar surface area (TPSA) is 98.8 Å². The lowest BCUT2D eigenvalue weighted by Gasteiger charge is -2.52. The molecule has 0 N–H and O–H groups in total. The third-order valence-corrected chi connectivity index (χ3v) is 8.48. The Labute approximate surface area is 255 Å². The van der Waals surface area contributed by atoms with Gasteiger partial charge in [-0.3, -0.25) is 4.79 Å². The number of carbonyl (C=O) groups is 2.